The Morgan fingerprint density at radius 3 is 2.13 bits per heavy atom. The van der Waals surface area contributed by atoms with Crippen molar-refractivity contribution in [2.45, 2.75) is 47.6 Å². The number of hydrogen-bond acceptors (Lipinski definition) is 1. The maximum Gasteiger partial charge on any atom is 0.215 e. The minimum absolute atomic E-state index is 0.247. The van der Waals surface area contributed by atoms with Crippen LogP contribution in [0.25, 0.3) is 0 Å². The van der Waals surface area contributed by atoms with Gasteiger partial charge in [0.15, 0.2) is 0 Å². The SMILES string of the molecule is CC(C)=CC(C)C(C)=NC(=N)NC(C)C. The van der Waals surface area contributed by atoms with Gasteiger partial charge in [-0.15, -0.1) is 0 Å². The average Bonchev–Trinajstić information content (AvgIpc) is 2.00. The summed E-state index contributed by atoms with van der Waals surface area (Å²) < 4.78 is 0. The van der Waals surface area contributed by atoms with Gasteiger partial charge in [-0.3, -0.25) is 5.41 Å². The normalized spacial score (nSPS) is 13.7. The van der Waals surface area contributed by atoms with Crippen LogP contribution >= 0.6 is 0 Å². The summed E-state index contributed by atoms with van der Waals surface area (Å²) in [4.78, 5) is 4.21. The summed E-state index contributed by atoms with van der Waals surface area (Å²) in [6, 6.07) is 0.257. The van der Waals surface area contributed by atoms with Crippen molar-refractivity contribution in [2.24, 2.45) is 10.9 Å². The van der Waals surface area contributed by atoms with Gasteiger partial charge in [-0.05, 0) is 34.6 Å². The predicted molar refractivity (Wildman–Crippen MR) is 67.7 cm³/mol. The summed E-state index contributed by atoms with van der Waals surface area (Å²) in [5.74, 6) is 0.542. The van der Waals surface area contributed by atoms with Gasteiger partial charge in [-0.1, -0.05) is 18.6 Å². The molecule has 0 aromatic rings. The zero-order valence-electron chi connectivity index (χ0n) is 10.7. The van der Waals surface area contributed by atoms with Crippen molar-refractivity contribution >= 4 is 11.7 Å². The molecule has 0 heterocycles. The summed E-state index contributed by atoms with van der Waals surface area (Å²) in [7, 11) is 0. The number of nitrogens with one attached hydrogen (secondary N) is 2. The number of hydrogen-bond donors (Lipinski definition) is 2. The van der Waals surface area contributed by atoms with E-state index < -0.39 is 0 Å². The molecule has 1 atom stereocenters. The summed E-state index contributed by atoms with van der Waals surface area (Å²) in [6.07, 6.45) is 2.15. The summed E-state index contributed by atoms with van der Waals surface area (Å²) in [5.41, 5.74) is 2.25. The Kier molecular flexibility index (Phi) is 5.90. The number of allylic oxidation sites excluding steroid dienone is 2. The highest BCUT2D eigenvalue weighted by Gasteiger charge is 2.04. The van der Waals surface area contributed by atoms with Crippen LogP contribution in [0.4, 0.5) is 0 Å². The molecule has 0 fully saturated rings. The molecule has 15 heavy (non-hydrogen) atoms. The van der Waals surface area contributed by atoms with Crippen molar-refractivity contribution in [3.63, 3.8) is 0 Å². The predicted octanol–water partition coefficient (Wildman–Crippen LogP) is 2.98. The first-order chi connectivity index (χ1) is 6.82. The van der Waals surface area contributed by atoms with E-state index in [0.717, 1.165) is 5.71 Å². The maximum atomic E-state index is 7.61. The first-order valence-corrected chi connectivity index (χ1v) is 5.38. The number of guanidine groups is 1. The first kappa shape index (κ1) is 13.9. The minimum atomic E-state index is 0.247. The van der Waals surface area contributed by atoms with Crippen molar-refractivity contribution in [1.82, 2.24) is 5.32 Å². The molecule has 1 unspecified atom stereocenters. The second kappa shape index (κ2) is 6.38. The molecule has 0 aliphatic heterocycles. The monoisotopic (exact) mass is 209 g/mol. The molecule has 0 aromatic heterocycles. The van der Waals surface area contributed by atoms with Crippen LogP contribution in [0.5, 0.6) is 0 Å². The lowest BCUT2D eigenvalue weighted by Gasteiger charge is -2.10. The molecular weight excluding hydrogens is 186 g/mol. The van der Waals surface area contributed by atoms with Crippen molar-refractivity contribution in [3.05, 3.63) is 11.6 Å². The van der Waals surface area contributed by atoms with Crippen molar-refractivity contribution in [3.8, 4) is 0 Å². The van der Waals surface area contributed by atoms with Crippen LogP contribution in [0.3, 0.4) is 0 Å². The quantitative estimate of drug-likeness (QED) is 0.419. The van der Waals surface area contributed by atoms with Crippen molar-refractivity contribution in [1.29, 1.82) is 5.41 Å². The smallest absolute Gasteiger partial charge is 0.215 e. The fourth-order valence-corrected chi connectivity index (χ4v) is 1.20. The molecule has 0 aliphatic carbocycles. The second-order valence-electron chi connectivity index (χ2n) is 4.43. The second-order valence-corrected chi connectivity index (χ2v) is 4.43. The van der Waals surface area contributed by atoms with Gasteiger partial charge in [-0.25, -0.2) is 4.99 Å². The third-order valence-corrected chi connectivity index (χ3v) is 1.96. The van der Waals surface area contributed by atoms with E-state index in [-0.39, 0.29) is 12.0 Å². The minimum Gasteiger partial charge on any atom is -0.353 e. The van der Waals surface area contributed by atoms with Gasteiger partial charge in [0.25, 0.3) is 0 Å². The van der Waals surface area contributed by atoms with Gasteiger partial charge in [-0.2, -0.15) is 0 Å². The lowest BCUT2D eigenvalue weighted by Crippen LogP contribution is -2.29. The Morgan fingerprint density at radius 1 is 1.20 bits per heavy atom. The highest BCUT2D eigenvalue weighted by molar-refractivity contribution is 5.96. The van der Waals surface area contributed by atoms with Crippen LogP contribution in [0.15, 0.2) is 16.6 Å². The average molecular weight is 209 g/mol. The molecule has 0 rings (SSSR count). The number of nitrogens with zero attached hydrogens (tertiary/aromatic N) is 1. The molecule has 3 nitrogen and oxygen atoms in total. The molecule has 86 valence electrons. The Bertz CT molecular complexity index is 271. The lowest BCUT2D eigenvalue weighted by molar-refractivity contribution is 0.724. The fourth-order valence-electron chi connectivity index (χ4n) is 1.20. The zero-order chi connectivity index (χ0) is 12.0. The maximum absolute atomic E-state index is 7.61. The molecule has 0 spiro atoms. The highest BCUT2D eigenvalue weighted by atomic mass is 15.1. The van der Waals surface area contributed by atoms with Gasteiger partial charge < -0.3 is 5.32 Å². The molecule has 2 N–H and O–H groups in total. The lowest BCUT2D eigenvalue weighted by atomic mass is 10.0. The van der Waals surface area contributed by atoms with Gasteiger partial charge in [0.1, 0.15) is 0 Å². The number of aliphatic imine (C=N–C) groups is 1. The van der Waals surface area contributed by atoms with Crippen LogP contribution in [0.1, 0.15) is 41.5 Å². The fraction of sp³-hybridized carbons (Fsp3) is 0.667. The van der Waals surface area contributed by atoms with E-state index in [2.05, 4.69) is 37.2 Å². The van der Waals surface area contributed by atoms with Gasteiger partial charge in [0.2, 0.25) is 5.96 Å². The molecule has 0 saturated heterocycles. The Morgan fingerprint density at radius 2 is 1.73 bits per heavy atom. The molecule has 0 aliphatic rings. The standard InChI is InChI=1S/C12H23N3/c1-8(2)7-10(5)11(6)15-12(13)14-9(3)4/h7,9-10H,1-6H3,(H2,13,14). The summed E-state index contributed by atoms with van der Waals surface area (Å²) >= 11 is 0. The Labute approximate surface area is 93.2 Å². The van der Waals surface area contributed by atoms with Crippen LogP contribution in [-0.4, -0.2) is 17.7 Å². The van der Waals surface area contributed by atoms with E-state index in [4.69, 9.17) is 5.41 Å². The molecular formula is C12H23N3. The Balaban J connectivity index is 4.42. The third-order valence-electron chi connectivity index (χ3n) is 1.96. The van der Waals surface area contributed by atoms with E-state index in [0.29, 0.717) is 5.92 Å². The highest BCUT2D eigenvalue weighted by Crippen LogP contribution is 2.05. The van der Waals surface area contributed by atoms with Gasteiger partial charge in [0, 0.05) is 17.7 Å². The van der Waals surface area contributed by atoms with E-state index >= 15 is 0 Å². The van der Waals surface area contributed by atoms with E-state index in [1.807, 2.05) is 20.8 Å². The van der Waals surface area contributed by atoms with E-state index in [1.165, 1.54) is 5.57 Å². The Hall–Kier alpha value is -1.12. The topological polar surface area (TPSA) is 48.2 Å². The molecule has 0 saturated carbocycles. The van der Waals surface area contributed by atoms with Crippen LogP contribution < -0.4 is 5.32 Å². The zero-order valence-corrected chi connectivity index (χ0v) is 10.7. The van der Waals surface area contributed by atoms with Crippen LogP contribution in [0, 0.1) is 11.3 Å². The first-order valence-electron chi connectivity index (χ1n) is 5.38. The summed E-state index contributed by atoms with van der Waals surface area (Å²) in [5, 5.41) is 10.6. The third kappa shape index (κ3) is 6.89. The van der Waals surface area contributed by atoms with Crippen molar-refractivity contribution in [2.75, 3.05) is 0 Å². The van der Waals surface area contributed by atoms with Gasteiger partial charge in [0.05, 0.1) is 0 Å². The van der Waals surface area contributed by atoms with Crippen LogP contribution in [-0.2, 0) is 0 Å². The molecule has 3 heteroatoms. The molecule has 0 aromatic carbocycles. The van der Waals surface area contributed by atoms with E-state index in [1.54, 1.807) is 0 Å². The van der Waals surface area contributed by atoms with Gasteiger partial charge >= 0.3 is 0 Å². The van der Waals surface area contributed by atoms with E-state index in [9.17, 15) is 0 Å². The molecule has 0 amide bonds. The van der Waals surface area contributed by atoms with Crippen molar-refractivity contribution < 1.29 is 0 Å². The van der Waals surface area contributed by atoms with Crippen LogP contribution in [0.2, 0.25) is 0 Å². The molecule has 0 bridgehead atoms. The largest absolute Gasteiger partial charge is 0.353 e. The summed E-state index contributed by atoms with van der Waals surface area (Å²) in [6.45, 7) is 12.2. The molecule has 0 radical (unpaired) electrons. The number of rotatable bonds is 3.